The van der Waals surface area contributed by atoms with Crippen LogP contribution in [0.3, 0.4) is 0 Å². The smallest absolute Gasteiger partial charge is 0.231 e. The summed E-state index contributed by atoms with van der Waals surface area (Å²) in [5.41, 5.74) is 0.686. The zero-order valence-corrected chi connectivity index (χ0v) is 16.6. The summed E-state index contributed by atoms with van der Waals surface area (Å²) in [7, 11) is 0. The van der Waals surface area contributed by atoms with E-state index < -0.39 is 0 Å². The summed E-state index contributed by atoms with van der Waals surface area (Å²) >= 11 is 2.90. The van der Waals surface area contributed by atoms with Crippen LogP contribution in [0, 0.1) is 5.92 Å². The summed E-state index contributed by atoms with van der Waals surface area (Å²) in [6.07, 6.45) is 0.597. The molecule has 0 bridgehead atoms. The zero-order valence-electron chi connectivity index (χ0n) is 13.3. The molecule has 25 heavy (non-hydrogen) atoms. The van der Waals surface area contributed by atoms with Gasteiger partial charge in [0.05, 0.1) is 18.5 Å². The van der Waals surface area contributed by atoms with Gasteiger partial charge in [-0.3, -0.25) is 9.59 Å². The standard InChI is InChI=1S/C15H18N4O2S2.2ClH/c20-13(17-8-10-6-16-7-10)4-11-9-23-15(18-11)19-14(21)5-12-2-1-3-22-12;;/h1-3,9-10,16H,4-8H2,(H,17,20)(H,18,19,21);2*1H. The predicted molar refractivity (Wildman–Crippen MR) is 106 cm³/mol. The minimum atomic E-state index is -0.0877. The van der Waals surface area contributed by atoms with Crippen LogP contribution in [0.1, 0.15) is 10.6 Å². The van der Waals surface area contributed by atoms with Crippen LogP contribution in [0.5, 0.6) is 0 Å². The molecule has 6 nitrogen and oxygen atoms in total. The molecular formula is C15H20Cl2N4O2S2. The van der Waals surface area contributed by atoms with Gasteiger partial charge in [-0.15, -0.1) is 47.5 Å². The molecule has 1 aliphatic rings. The number of nitrogens with zero attached hydrogens (tertiary/aromatic N) is 1. The van der Waals surface area contributed by atoms with E-state index in [1.807, 2.05) is 22.9 Å². The fourth-order valence-electron chi connectivity index (χ4n) is 2.16. The van der Waals surface area contributed by atoms with Gasteiger partial charge in [0.2, 0.25) is 11.8 Å². The second-order valence-corrected chi connectivity index (χ2v) is 7.34. The van der Waals surface area contributed by atoms with E-state index >= 15 is 0 Å². The highest BCUT2D eigenvalue weighted by molar-refractivity contribution is 7.14. The number of thiophene rings is 1. The minimum absolute atomic E-state index is 0. The fraction of sp³-hybridized carbons (Fsp3) is 0.400. The third-order valence-electron chi connectivity index (χ3n) is 3.51. The third-order valence-corrected chi connectivity index (χ3v) is 5.19. The molecule has 0 aliphatic carbocycles. The lowest BCUT2D eigenvalue weighted by molar-refractivity contribution is -0.120. The first-order chi connectivity index (χ1) is 11.2. The van der Waals surface area contributed by atoms with Crippen LogP contribution in [-0.2, 0) is 22.4 Å². The number of hydrogen-bond acceptors (Lipinski definition) is 6. The van der Waals surface area contributed by atoms with Gasteiger partial charge in [0.1, 0.15) is 0 Å². The number of rotatable bonds is 7. The SMILES string of the molecule is Cl.Cl.O=C(Cc1csc(NC(=O)Cc2cccs2)n1)NCC1CNC1. The van der Waals surface area contributed by atoms with Gasteiger partial charge in [-0.1, -0.05) is 6.07 Å². The Morgan fingerprint density at radius 2 is 2.00 bits per heavy atom. The Morgan fingerprint density at radius 1 is 1.20 bits per heavy atom. The Morgan fingerprint density at radius 3 is 2.64 bits per heavy atom. The van der Waals surface area contributed by atoms with Crippen LogP contribution in [-0.4, -0.2) is 36.4 Å². The second-order valence-electron chi connectivity index (χ2n) is 5.45. The van der Waals surface area contributed by atoms with E-state index in [9.17, 15) is 9.59 Å². The lowest BCUT2D eigenvalue weighted by Crippen LogP contribution is -2.48. The van der Waals surface area contributed by atoms with Gasteiger partial charge in [-0.2, -0.15) is 0 Å². The third kappa shape index (κ3) is 6.91. The summed E-state index contributed by atoms with van der Waals surface area (Å²) in [6, 6.07) is 3.85. The number of aromatic nitrogens is 1. The Balaban J connectivity index is 0.00000156. The van der Waals surface area contributed by atoms with E-state index in [0.717, 1.165) is 18.0 Å². The quantitative estimate of drug-likeness (QED) is 0.637. The Hall–Kier alpha value is -1.19. The van der Waals surface area contributed by atoms with Crippen LogP contribution in [0.2, 0.25) is 0 Å². The van der Waals surface area contributed by atoms with E-state index in [4.69, 9.17) is 0 Å². The van der Waals surface area contributed by atoms with Gasteiger partial charge in [0, 0.05) is 35.8 Å². The molecule has 1 aliphatic heterocycles. The maximum absolute atomic E-state index is 11.9. The number of thiazole rings is 1. The van der Waals surface area contributed by atoms with Crippen molar-refractivity contribution < 1.29 is 9.59 Å². The molecule has 0 unspecified atom stereocenters. The molecule has 0 radical (unpaired) electrons. The molecule has 2 aromatic rings. The van der Waals surface area contributed by atoms with Gasteiger partial charge in [-0.25, -0.2) is 4.98 Å². The minimum Gasteiger partial charge on any atom is -0.355 e. The zero-order chi connectivity index (χ0) is 16.1. The molecule has 0 atom stereocenters. The molecule has 1 saturated heterocycles. The van der Waals surface area contributed by atoms with Crippen molar-refractivity contribution in [2.45, 2.75) is 12.8 Å². The highest BCUT2D eigenvalue weighted by Gasteiger charge is 2.17. The average Bonchev–Trinajstić information content (AvgIpc) is 3.09. The largest absolute Gasteiger partial charge is 0.355 e. The van der Waals surface area contributed by atoms with E-state index in [0.29, 0.717) is 29.7 Å². The van der Waals surface area contributed by atoms with Gasteiger partial charge in [0.15, 0.2) is 5.13 Å². The number of halogens is 2. The molecule has 2 amide bonds. The molecule has 0 aromatic carbocycles. The number of nitrogens with one attached hydrogen (secondary N) is 3. The highest BCUT2D eigenvalue weighted by atomic mass is 35.5. The van der Waals surface area contributed by atoms with Gasteiger partial charge in [0.25, 0.3) is 0 Å². The molecule has 0 saturated carbocycles. The van der Waals surface area contributed by atoms with E-state index in [-0.39, 0.29) is 43.0 Å². The van der Waals surface area contributed by atoms with Crippen molar-refractivity contribution in [2.75, 3.05) is 25.0 Å². The van der Waals surface area contributed by atoms with Crippen molar-refractivity contribution in [1.29, 1.82) is 0 Å². The maximum atomic E-state index is 11.9. The van der Waals surface area contributed by atoms with Crippen LogP contribution < -0.4 is 16.0 Å². The van der Waals surface area contributed by atoms with E-state index in [2.05, 4.69) is 20.9 Å². The monoisotopic (exact) mass is 422 g/mol. The molecule has 1 fully saturated rings. The number of anilines is 1. The molecule has 10 heteroatoms. The first-order valence-corrected chi connectivity index (χ1v) is 9.19. The predicted octanol–water partition coefficient (Wildman–Crippen LogP) is 2.11. The first-order valence-electron chi connectivity index (χ1n) is 7.43. The molecule has 3 N–H and O–H groups in total. The van der Waals surface area contributed by atoms with Crippen molar-refractivity contribution in [3.8, 4) is 0 Å². The summed E-state index contributed by atoms with van der Waals surface area (Å²) in [5.74, 6) is 0.426. The van der Waals surface area contributed by atoms with Crippen LogP contribution in [0.25, 0.3) is 0 Å². The van der Waals surface area contributed by atoms with Crippen LogP contribution in [0.4, 0.5) is 5.13 Å². The molecular weight excluding hydrogens is 403 g/mol. The summed E-state index contributed by atoms with van der Waals surface area (Å²) in [6.45, 7) is 2.65. The maximum Gasteiger partial charge on any atom is 0.231 e. The normalized spacial score (nSPS) is 13.1. The van der Waals surface area contributed by atoms with Crippen molar-refractivity contribution in [2.24, 2.45) is 5.92 Å². The lowest BCUT2D eigenvalue weighted by Gasteiger charge is -2.26. The molecule has 138 valence electrons. The molecule has 2 aromatic heterocycles. The summed E-state index contributed by atoms with van der Waals surface area (Å²) in [5, 5.41) is 13.2. The number of hydrogen-bond donors (Lipinski definition) is 3. The average molecular weight is 423 g/mol. The number of amides is 2. The Kier molecular flexibility index (Phi) is 9.37. The van der Waals surface area contributed by atoms with Crippen molar-refractivity contribution in [1.82, 2.24) is 15.6 Å². The van der Waals surface area contributed by atoms with Gasteiger partial charge < -0.3 is 16.0 Å². The summed E-state index contributed by atoms with van der Waals surface area (Å²) < 4.78 is 0. The highest BCUT2D eigenvalue weighted by Crippen LogP contribution is 2.17. The van der Waals surface area contributed by atoms with Crippen LogP contribution in [0.15, 0.2) is 22.9 Å². The van der Waals surface area contributed by atoms with E-state index in [1.165, 1.54) is 11.3 Å². The van der Waals surface area contributed by atoms with Crippen molar-refractivity contribution in [3.63, 3.8) is 0 Å². The second kappa shape index (κ2) is 10.7. The fourth-order valence-corrected chi connectivity index (χ4v) is 3.59. The summed E-state index contributed by atoms with van der Waals surface area (Å²) in [4.78, 5) is 29.1. The first kappa shape index (κ1) is 21.9. The van der Waals surface area contributed by atoms with E-state index in [1.54, 1.807) is 11.3 Å². The molecule has 3 heterocycles. The Labute approximate surface area is 166 Å². The lowest BCUT2D eigenvalue weighted by atomic mass is 10.0. The number of carbonyl (C=O) groups is 2. The Bertz CT molecular complexity index is 675. The topological polar surface area (TPSA) is 83.1 Å². The van der Waals surface area contributed by atoms with Gasteiger partial charge in [-0.05, 0) is 11.4 Å². The number of carbonyl (C=O) groups excluding carboxylic acids is 2. The molecule has 3 rings (SSSR count). The van der Waals surface area contributed by atoms with Crippen molar-refractivity contribution >= 4 is 64.4 Å². The van der Waals surface area contributed by atoms with Gasteiger partial charge >= 0.3 is 0 Å². The molecule has 0 spiro atoms. The van der Waals surface area contributed by atoms with Crippen LogP contribution >= 0.6 is 47.5 Å². The van der Waals surface area contributed by atoms with Crippen molar-refractivity contribution in [3.05, 3.63) is 33.5 Å².